The largest absolute Gasteiger partial charge is 0.373 e. The highest BCUT2D eigenvalue weighted by atomic mass is 32.2. The van der Waals surface area contributed by atoms with Crippen molar-refractivity contribution >= 4 is 39.2 Å². The van der Waals surface area contributed by atoms with Crippen LogP contribution in [0, 0.1) is 6.92 Å². The van der Waals surface area contributed by atoms with Crippen LogP contribution < -0.4 is 15.5 Å². The lowest BCUT2D eigenvalue weighted by molar-refractivity contribution is -0.0440. The molecule has 2 atom stereocenters. The van der Waals surface area contributed by atoms with E-state index in [0.29, 0.717) is 13.1 Å². The van der Waals surface area contributed by atoms with E-state index in [4.69, 9.17) is 4.74 Å². The topological polar surface area (TPSA) is 91.0 Å². The van der Waals surface area contributed by atoms with Crippen molar-refractivity contribution in [2.75, 3.05) is 60.2 Å². The molecule has 2 aliphatic rings. The van der Waals surface area contributed by atoms with Gasteiger partial charge in [0, 0.05) is 55.6 Å². The van der Waals surface area contributed by atoms with E-state index in [2.05, 4.69) is 21.6 Å². The minimum Gasteiger partial charge on any atom is -0.373 e. The Hall–Kier alpha value is -1.49. The minimum absolute atomic E-state index is 0.0524. The highest BCUT2D eigenvalue weighted by Gasteiger charge is 2.30. The number of nitrogens with one attached hydrogen (secondary N) is 2. The predicted octanol–water partition coefficient (Wildman–Crippen LogP) is 2.11. The molecular formula is C20H32N4O4S2. The summed E-state index contributed by atoms with van der Waals surface area (Å²) < 4.78 is 32.1. The van der Waals surface area contributed by atoms with Crippen LogP contribution in [-0.4, -0.2) is 80.9 Å². The molecular weight excluding hydrogens is 424 g/mol. The number of nitrogens with zero attached hydrogens (tertiary/aromatic N) is 2. The molecule has 3 rings (SSSR count). The number of urea groups is 1. The number of anilines is 2. The number of sulfonamides is 1. The number of rotatable bonds is 6. The second kappa shape index (κ2) is 10.2. The Balaban J connectivity index is 1.48. The Labute approximate surface area is 183 Å². The van der Waals surface area contributed by atoms with E-state index in [1.165, 1.54) is 9.99 Å². The SMILES string of the molecule is Cc1cc(N2CCSCC2)ccc1NC(=O)NCCS(=O)(=O)N1CC(C)OC(C)C1. The van der Waals surface area contributed by atoms with Crippen LogP contribution in [0.2, 0.25) is 0 Å². The van der Waals surface area contributed by atoms with Gasteiger partial charge in [0.1, 0.15) is 0 Å². The van der Waals surface area contributed by atoms with Gasteiger partial charge in [0.05, 0.1) is 18.0 Å². The van der Waals surface area contributed by atoms with Gasteiger partial charge in [-0.2, -0.15) is 16.1 Å². The van der Waals surface area contributed by atoms with Gasteiger partial charge in [-0.15, -0.1) is 0 Å². The molecule has 30 heavy (non-hydrogen) atoms. The molecule has 0 radical (unpaired) electrons. The molecule has 2 aliphatic heterocycles. The van der Waals surface area contributed by atoms with Gasteiger partial charge in [0.25, 0.3) is 0 Å². The number of carbonyl (C=O) groups excluding carboxylic acids is 1. The fraction of sp³-hybridized carbons (Fsp3) is 0.650. The summed E-state index contributed by atoms with van der Waals surface area (Å²) in [6.07, 6.45) is -0.260. The zero-order valence-corrected chi connectivity index (χ0v) is 19.5. The third kappa shape index (κ3) is 6.26. The summed E-state index contributed by atoms with van der Waals surface area (Å²) in [5.41, 5.74) is 2.87. The van der Waals surface area contributed by atoms with Crippen LogP contribution in [0.5, 0.6) is 0 Å². The third-order valence-corrected chi connectivity index (χ3v) is 8.01. The van der Waals surface area contributed by atoms with Crippen molar-refractivity contribution in [3.63, 3.8) is 0 Å². The minimum atomic E-state index is -3.44. The molecule has 8 nitrogen and oxygen atoms in total. The standard InChI is InChI=1S/C20H32N4O4S2/c1-15-12-18(23-7-9-29-10-8-23)4-5-19(15)22-20(25)21-6-11-30(26,27)24-13-16(2)28-17(3)14-24/h4-5,12,16-17H,6-11,13-14H2,1-3H3,(H2,21,22,25). The van der Waals surface area contributed by atoms with Crippen molar-refractivity contribution in [1.29, 1.82) is 0 Å². The maximum Gasteiger partial charge on any atom is 0.319 e. The van der Waals surface area contributed by atoms with E-state index in [9.17, 15) is 13.2 Å². The maximum atomic E-state index is 12.6. The van der Waals surface area contributed by atoms with Crippen LogP contribution in [0.1, 0.15) is 19.4 Å². The fourth-order valence-electron chi connectivity index (χ4n) is 3.75. The molecule has 1 aromatic rings. The summed E-state index contributed by atoms with van der Waals surface area (Å²) in [6.45, 7) is 8.50. The molecule has 0 aliphatic carbocycles. The van der Waals surface area contributed by atoms with Crippen LogP contribution in [0.15, 0.2) is 18.2 Å². The average Bonchev–Trinajstić information content (AvgIpc) is 2.69. The van der Waals surface area contributed by atoms with Crippen LogP contribution >= 0.6 is 11.8 Å². The molecule has 2 saturated heterocycles. The number of morpholine rings is 1. The normalized spacial score (nSPS) is 23.2. The Morgan fingerprint density at radius 3 is 2.50 bits per heavy atom. The van der Waals surface area contributed by atoms with Crippen molar-refractivity contribution < 1.29 is 17.9 Å². The number of ether oxygens (including phenoxy) is 1. The molecule has 2 N–H and O–H groups in total. The molecule has 1 aromatic carbocycles. The van der Waals surface area contributed by atoms with E-state index in [0.717, 1.165) is 35.8 Å². The van der Waals surface area contributed by atoms with E-state index in [1.807, 2.05) is 44.7 Å². The van der Waals surface area contributed by atoms with Crippen molar-refractivity contribution in [2.45, 2.75) is 33.0 Å². The zero-order chi connectivity index (χ0) is 21.7. The van der Waals surface area contributed by atoms with Gasteiger partial charge in [-0.1, -0.05) is 0 Å². The van der Waals surface area contributed by atoms with Crippen molar-refractivity contribution in [1.82, 2.24) is 9.62 Å². The summed E-state index contributed by atoms with van der Waals surface area (Å²) in [6, 6.07) is 5.60. The molecule has 2 heterocycles. The number of carbonyl (C=O) groups is 1. The van der Waals surface area contributed by atoms with Crippen molar-refractivity contribution in [2.24, 2.45) is 0 Å². The first kappa shape index (κ1) is 23.2. The van der Waals surface area contributed by atoms with Crippen LogP contribution in [0.3, 0.4) is 0 Å². The van der Waals surface area contributed by atoms with Gasteiger partial charge < -0.3 is 20.3 Å². The molecule has 2 amide bonds. The number of thioether (sulfide) groups is 1. The molecule has 0 saturated carbocycles. The molecule has 10 heteroatoms. The summed E-state index contributed by atoms with van der Waals surface area (Å²) in [7, 11) is -3.44. The Bertz CT molecular complexity index is 833. The number of hydrogen-bond donors (Lipinski definition) is 2. The van der Waals surface area contributed by atoms with Crippen LogP contribution in [0.25, 0.3) is 0 Å². The Kier molecular flexibility index (Phi) is 7.89. The van der Waals surface area contributed by atoms with Gasteiger partial charge in [-0.05, 0) is 44.5 Å². The summed E-state index contributed by atoms with van der Waals surface area (Å²) >= 11 is 1.97. The second-order valence-corrected chi connectivity index (χ2v) is 11.2. The number of benzene rings is 1. The van der Waals surface area contributed by atoms with Gasteiger partial charge in [-0.3, -0.25) is 0 Å². The second-order valence-electron chi connectivity index (χ2n) is 7.87. The number of aryl methyl sites for hydroxylation is 1. The van der Waals surface area contributed by atoms with E-state index >= 15 is 0 Å². The predicted molar refractivity (Wildman–Crippen MR) is 123 cm³/mol. The van der Waals surface area contributed by atoms with E-state index in [1.54, 1.807) is 0 Å². The average molecular weight is 457 g/mol. The fourth-order valence-corrected chi connectivity index (χ4v) is 6.15. The lowest BCUT2D eigenvalue weighted by atomic mass is 10.1. The first-order valence-electron chi connectivity index (χ1n) is 10.4. The molecule has 0 bridgehead atoms. The van der Waals surface area contributed by atoms with Gasteiger partial charge in [-0.25, -0.2) is 13.2 Å². The highest BCUT2D eigenvalue weighted by Crippen LogP contribution is 2.25. The molecule has 0 spiro atoms. The zero-order valence-electron chi connectivity index (χ0n) is 17.9. The lowest BCUT2D eigenvalue weighted by Gasteiger charge is -2.34. The molecule has 0 aromatic heterocycles. The van der Waals surface area contributed by atoms with Crippen molar-refractivity contribution in [3.05, 3.63) is 23.8 Å². The molecule has 2 unspecified atom stereocenters. The summed E-state index contributed by atoms with van der Waals surface area (Å²) in [5, 5.41) is 5.47. The smallest absolute Gasteiger partial charge is 0.319 e. The Morgan fingerprint density at radius 2 is 1.87 bits per heavy atom. The van der Waals surface area contributed by atoms with Gasteiger partial charge in [0.2, 0.25) is 10.0 Å². The van der Waals surface area contributed by atoms with E-state index in [-0.39, 0.29) is 24.5 Å². The number of amides is 2. The van der Waals surface area contributed by atoms with E-state index < -0.39 is 16.1 Å². The first-order valence-corrected chi connectivity index (χ1v) is 13.1. The molecule has 2 fully saturated rings. The highest BCUT2D eigenvalue weighted by molar-refractivity contribution is 7.99. The number of hydrogen-bond acceptors (Lipinski definition) is 6. The van der Waals surface area contributed by atoms with Crippen molar-refractivity contribution in [3.8, 4) is 0 Å². The quantitative estimate of drug-likeness (QED) is 0.681. The summed E-state index contributed by atoms with van der Waals surface area (Å²) in [4.78, 5) is 14.6. The first-order chi connectivity index (χ1) is 14.2. The van der Waals surface area contributed by atoms with Gasteiger partial charge >= 0.3 is 6.03 Å². The maximum absolute atomic E-state index is 12.6. The molecule has 168 valence electrons. The monoisotopic (exact) mass is 456 g/mol. The lowest BCUT2D eigenvalue weighted by Crippen LogP contribution is -2.49. The third-order valence-electron chi connectivity index (χ3n) is 5.26. The summed E-state index contributed by atoms with van der Waals surface area (Å²) in [5.74, 6) is 2.13. The van der Waals surface area contributed by atoms with Crippen LogP contribution in [0.4, 0.5) is 16.2 Å². The van der Waals surface area contributed by atoms with Crippen LogP contribution in [-0.2, 0) is 14.8 Å². The van der Waals surface area contributed by atoms with Gasteiger partial charge in [0.15, 0.2) is 0 Å². The Morgan fingerprint density at radius 1 is 1.20 bits per heavy atom.